The van der Waals surface area contributed by atoms with Crippen molar-refractivity contribution in [2.45, 2.75) is 12.7 Å². The summed E-state index contributed by atoms with van der Waals surface area (Å²) in [6.45, 7) is 1.79. The largest absolute Gasteiger partial charge is 0.481 e. The molecule has 6 heteroatoms. The fourth-order valence-corrected chi connectivity index (χ4v) is 1.77. The molecule has 78 valence electrons. The van der Waals surface area contributed by atoms with Crippen molar-refractivity contribution in [3.05, 3.63) is 23.4 Å². The first-order chi connectivity index (χ1) is 6.42. The summed E-state index contributed by atoms with van der Waals surface area (Å²) in [5.41, 5.74) is 1.35. The van der Waals surface area contributed by atoms with Gasteiger partial charge in [0.25, 0.3) is 0 Å². The number of rotatable bonds is 3. The molecule has 2 N–H and O–H groups in total. The normalized spacial score (nSPS) is 11.4. The van der Waals surface area contributed by atoms with Crippen molar-refractivity contribution >= 4 is 10.0 Å². The molecule has 1 rings (SSSR count). The fourth-order valence-electron chi connectivity index (χ4n) is 1.15. The second kappa shape index (κ2) is 3.93. The lowest BCUT2D eigenvalue weighted by atomic mass is 10.2. The third-order valence-electron chi connectivity index (χ3n) is 1.65. The van der Waals surface area contributed by atoms with E-state index in [0.717, 1.165) is 5.56 Å². The molecule has 0 spiro atoms. The summed E-state index contributed by atoms with van der Waals surface area (Å²) in [6, 6.07) is 1.69. The van der Waals surface area contributed by atoms with Gasteiger partial charge in [-0.15, -0.1) is 0 Å². The van der Waals surface area contributed by atoms with Crippen LogP contribution in [0.2, 0.25) is 0 Å². The molecule has 0 aromatic carbocycles. The molecule has 0 unspecified atom stereocenters. The van der Waals surface area contributed by atoms with Crippen molar-refractivity contribution in [3.63, 3.8) is 0 Å². The molecule has 1 aromatic rings. The average Bonchev–Trinajstić information content (AvgIpc) is 2.01. The van der Waals surface area contributed by atoms with E-state index in [1.54, 1.807) is 13.0 Å². The number of pyridine rings is 1. The molecule has 0 aliphatic heterocycles. The monoisotopic (exact) mass is 216 g/mol. The lowest BCUT2D eigenvalue weighted by Crippen LogP contribution is -2.14. The molecule has 0 radical (unpaired) electrons. The summed E-state index contributed by atoms with van der Waals surface area (Å²) in [4.78, 5) is 3.94. The van der Waals surface area contributed by atoms with Crippen molar-refractivity contribution in [1.29, 1.82) is 0 Å². The zero-order valence-corrected chi connectivity index (χ0v) is 8.84. The van der Waals surface area contributed by atoms with Crippen molar-refractivity contribution in [1.82, 2.24) is 4.98 Å². The second-order valence-corrected chi connectivity index (χ2v) is 4.59. The maximum absolute atomic E-state index is 10.8. The number of hydrogen-bond donors (Lipinski definition) is 1. The van der Waals surface area contributed by atoms with Crippen molar-refractivity contribution in [3.8, 4) is 5.88 Å². The molecule has 1 heterocycles. The van der Waals surface area contributed by atoms with E-state index >= 15 is 0 Å². The lowest BCUT2D eigenvalue weighted by Gasteiger charge is -2.04. The minimum Gasteiger partial charge on any atom is -0.481 e. The number of sulfonamides is 1. The van der Waals surface area contributed by atoms with Crippen LogP contribution in [0.15, 0.2) is 12.3 Å². The molecular weight excluding hydrogens is 204 g/mol. The Bertz CT molecular complexity index is 428. The summed E-state index contributed by atoms with van der Waals surface area (Å²) in [6.07, 6.45) is 1.44. The fraction of sp³-hybridized carbons (Fsp3) is 0.375. The van der Waals surface area contributed by atoms with Crippen LogP contribution in [0.1, 0.15) is 11.1 Å². The molecule has 0 fully saturated rings. The first kappa shape index (κ1) is 10.9. The zero-order valence-electron chi connectivity index (χ0n) is 8.02. The Balaban J connectivity index is 2.98. The second-order valence-electron chi connectivity index (χ2n) is 2.98. The summed E-state index contributed by atoms with van der Waals surface area (Å²) in [7, 11) is -1.99. The Kier molecular flexibility index (Phi) is 3.07. The Morgan fingerprint density at radius 1 is 1.57 bits per heavy atom. The standard InChI is InChI=1S/C8H12N2O3S/c1-6-3-7(5-14(9,11)12)4-10-8(6)13-2/h3-4H,5H2,1-2H3,(H2,9,11,12). The van der Waals surface area contributed by atoms with E-state index in [9.17, 15) is 8.42 Å². The minimum atomic E-state index is -3.49. The molecule has 0 saturated carbocycles. The Labute approximate surface area is 83.0 Å². The average molecular weight is 216 g/mol. The van der Waals surface area contributed by atoms with E-state index in [1.165, 1.54) is 13.3 Å². The van der Waals surface area contributed by atoms with Crippen LogP contribution < -0.4 is 9.88 Å². The number of hydrogen-bond acceptors (Lipinski definition) is 4. The quantitative estimate of drug-likeness (QED) is 0.781. The van der Waals surface area contributed by atoms with Gasteiger partial charge in [0, 0.05) is 11.8 Å². The van der Waals surface area contributed by atoms with Crippen LogP contribution in [0.4, 0.5) is 0 Å². The molecular formula is C8H12N2O3S. The molecule has 1 aromatic heterocycles. The van der Waals surface area contributed by atoms with Gasteiger partial charge in [0.05, 0.1) is 12.9 Å². The van der Waals surface area contributed by atoms with Crippen molar-refractivity contribution < 1.29 is 13.2 Å². The van der Waals surface area contributed by atoms with E-state index in [1.807, 2.05) is 0 Å². The number of ether oxygens (including phenoxy) is 1. The Hall–Kier alpha value is -1.14. The molecule has 5 nitrogen and oxygen atoms in total. The SMILES string of the molecule is COc1ncc(CS(N)(=O)=O)cc1C. The van der Waals surface area contributed by atoms with E-state index < -0.39 is 10.0 Å². The molecule has 0 aliphatic rings. The van der Waals surface area contributed by atoms with Gasteiger partial charge in [-0.3, -0.25) is 0 Å². The van der Waals surface area contributed by atoms with Crippen LogP contribution in [-0.2, 0) is 15.8 Å². The van der Waals surface area contributed by atoms with Gasteiger partial charge in [0.15, 0.2) is 0 Å². The zero-order chi connectivity index (χ0) is 10.8. The minimum absolute atomic E-state index is 0.204. The van der Waals surface area contributed by atoms with Crippen LogP contribution in [0.5, 0.6) is 5.88 Å². The van der Waals surface area contributed by atoms with Gasteiger partial charge in [-0.25, -0.2) is 18.5 Å². The number of methoxy groups -OCH3 is 1. The van der Waals surface area contributed by atoms with E-state index in [0.29, 0.717) is 11.4 Å². The highest BCUT2D eigenvalue weighted by atomic mass is 32.2. The molecule has 0 saturated heterocycles. The van der Waals surface area contributed by atoms with Gasteiger partial charge in [0.2, 0.25) is 15.9 Å². The van der Waals surface area contributed by atoms with Crippen molar-refractivity contribution in [2.75, 3.05) is 7.11 Å². The number of nitrogens with two attached hydrogens (primary N) is 1. The highest BCUT2D eigenvalue weighted by molar-refractivity contribution is 7.88. The summed E-state index contributed by atoms with van der Waals surface area (Å²) >= 11 is 0. The number of aromatic nitrogens is 1. The number of aryl methyl sites for hydroxylation is 1. The van der Waals surface area contributed by atoms with Crippen LogP contribution in [0.25, 0.3) is 0 Å². The summed E-state index contributed by atoms with van der Waals surface area (Å²) in [5.74, 6) is 0.286. The highest BCUT2D eigenvalue weighted by Crippen LogP contribution is 2.15. The van der Waals surface area contributed by atoms with Gasteiger partial charge in [0.1, 0.15) is 0 Å². The summed E-state index contributed by atoms with van der Waals surface area (Å²) in [5, 5.41) is 4.90. The van der Waals surface area contributed by atoms with Gasteiger partial charge < -0.3 is 4.74 Å². The van der Waals surface area contributed by atoms with Crippen molar-refractivity contribution in [2.24, 2.45) is 5.14 Å². The molecule has 0 atom stereocenters. The van der Waals surface area contributed by atoms with Crippen LogP contribution in [-0.4, -0.2) is 20.5 Å². The van der Waals surface area contributed by atoms with Gasteiger partial charge in [-0.2, -0.15) is 0 Å². The lowest BCUT2D eigenvalue weighted by molar-refractivity contribution is 0.394. The van der Waals surface area contributed by atoms with Gasteiger partial charge >= 0.3 is 0 Å². The molecule has 14 heavy (non-hydrogen) atoms. The molecule has 0 amide bonds. The predicted octanol–water partition coefficient (Wildman–Crippen LogP) is 0.187. The smallest absolute Gasteiger partial charge is 0.215 e. The van der Waals surface area contributed by atoms with Crippen LogP contribution >= 0.6 is 0 Å². The highest BCUT2D eigenvalue weighted by Gasteiger charge is 2.07. The summed E-state index contributed by atoms with van der Waals surface area (Å²) < 4.78 is 26.5. The number of primary sulfonamides is 1. The molecule has 0 aliphatic carbocycles. The van der Waals surface area contributed by atoms with Gasteiger partial charge in [-0.05, 0) is 18.6 Å². The Morgan fingerprint density at radius 3 is 2.64 bits per heavy atom. The van der Waals surface area contributed by atoms with E-state index in [2.05, 4.69) is 4.98 Å². The van der Waals surface area contributed by atoms with E-state index in [-0.39, 0.29) is 5.75 Å². The van der Waals surface area contributed by atoms with Crippen LogP contribution in [0, 0.1) is 6.92 Å². The molecule has 0 bridgehead atoms. The third kappa shape index (κ3) is 2.97. The Morgan fingerprint density at radius 2 is 2.21 bits per heavy atom. The van der Waals surface area contributed by atoms with Crippen LogP contribution in [0.3, 0.4) is 0 Å². The van der Waals surface area contributed by atoms with E-state index in [4.69, 9.17) is 9.88 Å². The number of nitrogens with zero attached hydrogens (tertiary/aromatic N) is 1. The van der Waals surface area contributed by atoms with Gasteiger partial charge in [-0.1, -0.05) is 0 Å². The maximum atomic E-state index is 10.8. The first-order valence-electron chi connectivity index (χ1n) is 3.92. The first-order valence-corrected chi connectivity index (χ1v) is 5.64. The topological polar surface area (TPSA) is 82.3 Å². The predicted molar refractivity (Wildman–Crippen MR) is 52.3 cm³/mol. The third-order valence-corrected chi connectivity index (χ3v) is 2.38. The maximum Gasteiger partial charge on any atom is 0.215 e.